The topological polar surface area (TPSA) is 115 Å². The van der Waals surface area contributed by atoms with Crippen molar-refractivity contribution in [3.63, 3.8) is 0 Å². The van der Waals surface area contributed by atoms with E-state index in [0.29, 0.717) is 5.69 Å². The summed E-state index contributed by atoms with van der Waals surface area (Å²) >= 11 is 5.81. The molecule has 0 aromatic heterocycles. The summed E-state index contributed by atoms with van der Waals surface area (Å²) in [6.07, 6.45) is 0. The van der Waals surface area contributed by atoms with Crippen molar-refractivity contribution in [3.8, 4) is 0 Å². The number of sulfonamides is 1. The van der Waals surface area contributed by atoms with Crippen molar-refractivity contribution in [3.05, 3.63) is 28.8 Å². The molecule has 0 atom stereocenters. The second-order valence-electron chi connectivity index (χ2n) is 3.36. The van der Waals surface area contributed by atoms with E-state index in [2.05, 4.69) is 5.32 Å². The Kier molecular flexibility index (Phi) is 4.33. The summed E-state index contributed by atoms with van der Waals surface area (Å²) in [7, 11) is -3.59. The maximum Gasteiger partial charge on any atom is 0.252 e. The summed E-state index contributed by atoms with van der Waals surface area (Å²) in [6, 6.07) is 4.43. The van der Waals surface area contributed by atoms with Crippen molar-refractivity contribution in [2.45, 2.75) is 0 Å². The van der Waals surface area contributed by atoms with Gasteiger partial charge in [-0.1, -0.05) is 11.6 Å². The normalized spacial score (nSPS) is 11.2. The lowest BCUT2D eigenvalue weighted by molar-refractivity contribution is 0.0956. The van der Waals surface area contributed by atoms with E-state index in [1.165, 1.54) is 18.2 Å². The van der Waals surface area contributed by atoms with Crippen molar-refractivity contribution < 1.29 is 13.2 Å². The molecule has 0 bridgehead atoms. The van der Waals surface area contributed by atoms with Crippen LogP contribution in [-0.4, -0.2) is 26.6 Å². The lowest BCUT2D eigenvalue weighted by atomic mass is 10.2. The molecule has 1 aromatic rings. The summed E-state index contributed by atoms with van der Waals surface area (Å²) in [5.74, 6) is -0.802. The molecule has 17 heavy (non-hydrogen) atoms. The Labute approximate surface area is 104 Å². The molecule has 1 aromatic carbocycles. The van der Waals surface area contributed by atoms with Gasteiger partial charge >= 0.3 is 0 Å². The quantitative estimate of drug-likeness (QED) is 0.669. The number of halogens is 1. The Bertz CT molecular complexity index is 530. The molecule has 1 rings (SSSR count). The van der Waals surface area contributed by atoms with Gasteiger partial charge in [0.15, 0.2) is 0 Å². The van der Waals surface area contributed by atoms with Gasteiger partial charge < -0.3 is 11.1 Å². The Morgan fingerprint density at radius 1 is 1.41 bits per heavy atom. The highest BCUT2D eigenvalue weighted by molar-refractivity contribution is 7.89. The zero-order valence-corrected chi connectivity index (χ0v) is 10.4. The Hall–Kier alpha value is -1.31. The smallest absolute Gasteiger partial charge is 0.252 e. The molecule has 0 saturated heterocycles. The maximum atomic E-state index is 11.6. The lowest BCUT2D eigenvalue weighted by Gasteiger charge is -2.06. The SMILES string of the molecule is Nc1ccc(C(=O)NCCS(N)(=O)=O)c(Cl)c1. The molecule has 0 heterocycles. The number of carbonyl (C=O) groups is 1. The van der Waals surface area contributed by atoms with Crippen molar-refractivity contribution in [1.82, 2.24) is 5.32 Å². The number of amides is 1. The van der Waals surface area contributed by atoms with Crippen LogP contribution in [0.5, 0.6) is 0 Å². The van der Waals surface area contributed by atoms with Crippen LogP contribution in [0.4, 0.5) is 5.69 Å². The minimum absolute atomic E-state index is 0.0711. The number of carbonyl (C=O) groups excluding carboxylic acids is 1. The molecule has 0 unspecified atom stereocenters. The Morgan fingerprint density at radius 2 is 2.06 bits per heavy atom. The highest BCUT2D eigenvalue weighted by Gasteiger charge is 2.11. The first kappa shape index (κ1) is 13.8. The van der Waals surface area contributed by atoms with Gasteiger partial charge in [0.1, 0.15) is 0 Å². The van der Waals surface area contributed by atoms with Gasteiger partial charge in [-0.25, -0.2) is 13.6 Å². The van der Waals surface area contributed by atoms with Gasteiger partial charge in [-0.05, 0) is 18.2 Å². The predicted molar refractivity (Wildman–Crippen MR) is 66.2 cm³/mol. The molecule has 94 valence electrons. The number of benzene rings is 1. The van der Waals surface area contributed by atoms with Gasteiger partial charge in [0, 0.05) is 12.2 Å². The van der Waals surface area contributed by atoms with Crippen LogP contribution >= 0.6 is 11.6 Å². The average Bonchev–Trinajstić information content (AvgIpc) is 2.15. The predicted octanol–water partition coefficient (Wildman–Crippen LogP) is -0.0595. The molecule has 0 aliphatic rings. The van der Waals surface area contributed by atoms with E-state index in [0.717, 1.165) is 0 Å². The number of nitrogens with two attached hydrogens (primary N) is 2. The van der Waals surface area contributed by atoms with Crippen LogP contribution in [0.25, 0.3) is 0 Å². The largest absolute Gasteiger partial charge is 0.399 e. The summed E-state index contributed by atoms with van der Waals surface area (Å²) in [5.41, 5.74) is 6.15. The Balaban J connectivity index is 2.65. The summed E-state index contributed by atoms with van der Waals surface area (Å²) < 4.78 is 21.3. The molecule has 0 aliphatic heterocycles. The number of nitrogens with one attached hydrogen (secondary N) is 1. The number of primary sulfonamides is 1. The standard InChI is InChI=1S/C9H12ClN3O3S/c10-8-5-6(11)1-2-7(8)9(14)13-3-4-17(12,15)16/h1-2,5H,3-4,11H2,(H,13,14)(H2,12,15,16). The lowest BCUT2D eigenvalue weighted by Crippen LogP contribution is -2.31. The fourth-order valence-corrected chi connectivity index (χ4v) is 1.78. The molecule has 8 heteroatoms. The number of rotatable bonds is 4. The fourth-order valence-electron chi connectivity index (χ4n) is 1.12. The molecule has 0 fully saturated rings. The first-order valence-corrected chi connectivity index (χ1v) is 6.72. The van der Waals surface area contributed by atoms with E-state index in [1.807, 2.05) is 0 Å². The highest BCUT2D eigenvalue weighted by atomic mass is 35.5. The highest BCUT2D eigenvalue weighted by Crippen LogP contribution is 2.18. The first-order chi connectivity index (χ1) is 7.79. The van der Waals surface area contributed by atoms with E-state index in [4.69, 9.17) is 22.5 Å². The van der Waals surface area contributed by atoms with Gasteiger partial charge in [-0.3, -0.25) is 4.79 Å². The molecular formula is C9H12ClN3O3S. The van der Waals surface area contributed by atoms with Crippen molar-refractivity contribution >= 4 is 33.2 Å². The second-order valence-corrected chi connectivity index (χ2v) is 5.50. The minimum atomic E-state index is -3.59. The van der Waals surface area contributed by atoms with Gasteiger partial charge in [0.2, 0.25) is 10.0 Å². The maximum absolute atomic E-state index is 11.6. The first-order valence-electron chi connectivity index (χ1n) is 4.63. The third-order valence-electron chi connectivity index (χ3n) is 1.91. The molecule has 1 amide bonds. The molecule has 6 nitrogen and oxygen atoms in total. The summed E-state index contributed by atoms with van der Waals surface area (Å²) in [4.78, 5) is 11.6. The molecule has 0 aliphatic carbocycles. The van der Waals surface area contributed by atoms with E-state index in [-0.39, 0.29) is 22.9 Å². The van der Waals surface area contributed by atoms with E-state index in [9.17, 15) is 13.2 Å². The number of hydrogen-bond acceptors (Lipinski definition) is 4. The van der Waals surface area contributed by atoms with Crippen LogP contribution in [0.3, 0.4) is 0 Å². The van der Waals surface area contributed by atoms with E-state index >= 15 is 0 Å². The molecule has 0 saturated carbocycles. The van der Waals surface area contributed by atoms with Gasteiger partial charge in [0.25, 0.3) is 5.91 Å². The van der Waals surface area contributed by atoms with Crippen molar-refractivity contribution in [1.29, 1.82) is 0 Å². The number of anilines is 1. The van der Waals surface area contributed by atoms with Crippen LogP contribution in [0, 0.1) is 0 Å². The third kappa shape index (κ3) is 4.59. The summed E-state index contributed by atoms with van der Waals surface area (Å²) in [6.45, 7) is -0.0711. The van der Waals surface area contributed by atoms with Crippen molar-refractivity contribution in [2.75, 3.05) is 18.0 Å². The van der Waals surface area contributed by atoms with Crippen LogP contribution < -0.4 is 16.2 Å². The number of nitrogen functional groups attached to an aromatic ring is 1. The van der Waals surface area contributed by atoms with Crippen molar-refractivity contribution in [2.24, 2.45) is 5.14 Å². The van der Waals surface area contributed by atoms with Gasteiger partial charge in [-0.15, -0.1) is 0 Å². The van der Waals surface area contributed by atoms with Gasteiger partial charge in [-0.2, -0.15) is 0 Å². The average molecular weight is 278 g/mol. The summed E-state index contributed by atoms with van der Waals surface area (Å²) in [5, 5.41) is 7.39. The van der Waals surface area contributed by atoms with Gasteiger partial charge in [0.05, 0.1) is 16.3 Å². The van der Waals surface area contributed by atoms with Crippen LogP contribution in [0.1, 0.15) is 10.4 Å². The van der Waals surface area contributed by atoms with E-state index in [1.54, 1.807) is 0 Å². The minimum Gasteiger partial charge on any atom is -0.399 e. The number of hydrogen-bond donors (Lipinski definition) is 3. The second kappa shape index (κ2) is 5.35. The van der Waals surface area contributed by atoms with E-state index < -0.39 is 15.9 Å². The third-order valence-corrected chi connectivity index (χ3v) is 3.00. The van der Waals surface area contributed by atoms with Crippen LogP contribution in [0.2, 0.25) is 5.02 Å². The molecule has 0 spiro atoms. The molecule has 0 radical (unpaired) electrons. The Morgan fingerprint density at radius 3 is 2.59 bits per heavy atom. The fraction of sp³-hybridized carbons (Fsp3) is 0.222. The molecular weight excluding hydrogens is 266 g/mol. The zero-order chi connectivity index (χ0) is 13.1. The monoisotopic (exact) mass is 277 g/mol. The zero-order valence-electron chi connectivity index (χ0n) is 8.81. The molecule has 5 N–H and O–H groups in total. The van der Waals surface area contributed by atoms with Crippen LogP contribution in [0.15, 0.2) is 18.2 Å². The van der Waals surface area contributed by atoms with Crippen LogP contribution in [-0.2, 0) is 10.0 Å².